The maximum absolute atomic E-state index is 12.0. The summed E-state index contributed by atoms with van der Waals surface area (Å²) in [5.41, 5.74) is 6.60. The van der Waals surface area contributed by atoms with Gasteiger partial charge in [-0.2, -0.15) is 13.2 Å². The van der Waals surface area contributed by atoms with Crippen LogP contribution in [0.15, 0.2) is 24.3 Å². The van der Waals surface area contributed by atoms with Crippen molar-refractivity contribution in [3.8, 4) is 5.75 Å². The van der Waals surface area contributed by atoms with Crippen molar-refractivity contribution in [2.75, 3.05) is 33.3 Å². The Kier molecular flexibility index (Phi) is 6.81. The number of benzene rings is 1. The van der Waals surface area contributed by atoms with Crippen molar-refractivity contribution >= 4 is 0 Å². The van der Waals surface area contributed by atoms with Gasteiger partial charge in [-0.25, -0.2) is 0 Å². The van der Waals surface area contributed by atoms with Crippen molar-refractivity contribution in [1.29, 1.82) is 0 Å². The number of nitrogens with two attached hydrogens (primary N) is 1. The van der Waals surface area contributed by atoms with Crippen molar-refractivity contribution in [3.05, 3.63) is 29.8 Å². The van der Waals surface area contributed by atoms with Crippen molar-refractivity contribution in [3.63, 3.8) is 0 Å². The van der Waals surface area contributed by atoms with E-state index in [1.807, 2.05) is 24.3 Å². The molecule has 0 saturated carbocycles. The van der Waals surface area contributed by atoms with Crippen LogP contribution in [0.2, 0.25) is 0 Å². The first-order valence-corrected chi connectivity index (χ1v) is 6.58. The molecular weight excluding hydrogens is 269 g/mol. The second-order valence-electron chi connectivity index (χ2n) is 4.70. The highest BCUT2D eigenvalue weighted by Gasteiger charge is 2.26. The Morgan fingerprint density at radius 3 is 2.35 bits per heavy atom. The molecule has 1 rings (SSSR count). The molecule has 20 heavy (non-hydrogen) atoms. The van der Waals surface area contributed by atoms with E-state index in [2.05, 4.69) is 0 Å². The molecule has 0 aromatic heterocycles. The number of hydrogen-bond donors (Lipinski definition) is 1. The minimum absolute atomic E-state index is 0.0116. The van der Waals surface area contributed by atoms with E-state index in [1.165, 1.54) is 0 Å². The molecule has 1 aromatic carbocycles. The van der Waals surface area contributed by atoms with E-state index in [1.54, 1.807) is 11.9 Å². The third-order valence-electron chi connectivity index (χ3n) is 2.88. The van der Waals surface area contributed by atoms with E-state index in [4.69, 9.17) is 10.5 Å². The van der Waals surface area contributed by atoms with Gasteiger partial charge in [-0.3, -0.25) is 0 Å². The largest absolute Gasteiger partial charge is 0.492 e. The summed E-state index contributed by atoms with van der Waals surface area (Å²) in [6, 6.07) is 7.58. The fourth-order valence-electron chi connectivity index (χ4n) is 1.67. The van der Waals surface area contributed by atoms with E-state index < -0.39 is 12.6 Å². The van der Waals surface area contributed by atoms with Gasteiger partial charge in [0.05, 0.1) is 6.42 Å². The minimum Gasteiger partial charge on any atom is -0.492 e. The Bertz CT molecular complexity index is 379. The molecule has 0 heterocycles. The Morgan fingerprint density at radius 1 is 1.15 bits per heavy atom. The predicted octanol–water partition coefficient (Wildman–Crippen LogP) is 2.45. The molecule has 2 N–H and O–H groups in total. The molecule has 0 unspecified atom stereocenters. The van der Waals surface area contributed by atoms with E-state index in [9.17, 15) is 13.2 Å². The predicted molar refractivity (Wildman–Crippen MR) is 72.9 cm³/mol. The molecule has 0 saturated heterocycles. The highest BCUT2D eigenvalue weighted by molar-refractivity contribution is 5.27. The summed E-state index contributed by atoms with van der Waals surface area (Å²) in [4.78, 5) is 1.61. The van der Waals surface area contributed by atoms with Crippen LogP contribution in [-0.2, 0) is 6.42 Å². The van der Waals surface area contributed by atoms with Gasteiger partial charge in [0, 0.05) is 13.1 Å². The molecule has 0 amide bonds. The lowest BCUT2D eigenvalue weighted by molar-refractivity contribution is -0.137. The van der Waals surface area contributed by atoms with Crippen LogP contribution in [0.5, 0.6) is 5.75 Å². The highest BCUT2D eigenvalue weighted by atomic mass is 19.4. The Labute approximate surface area is 117 Å². The molecule has 114 valence electrons. The molecule has 0 aliphatic heterocycles. The molecule has 3 nitrogen and oxygen atoms in total. The lowest BCUT2D eigenvalue weighted by Gasteiger charge is -2.17. The lowest BCUT2D eigenvalue weighted by atomic mass is 10.1. The standard InChI is InChI=1S/C14H21F3N2O/c1-19(9-7-14(15,16)17)10-11-20-13-4-2-12(3-5-13)6-8-18/h2-5H,6-11,18H2,1H3. The topological polar surface area (TPSA) is 38.5 Å². The van der Waals surface area contributed by atoms with Crippen molar-refractivity contribution in [1.82, 2.24) is 4.90 Å². The smallest absolute Gasteiger partial charge is 0.390 e. The number of nitrogens with zero attached hydrogens (tertiary/aromatic N) is 1. The molecular formula is C14H21F3N2O. The lowest BCUT2D eigenvalue weighted by Crippen LogP contribution is -2.28. The normalized spacial score (nSPS) is 11.9. The van der Waals surface area contributed by atoms with Gasteiger partial charge < -0.3 is 15.4 Å². The number of hydrogen-bond acceptors (Lipinski definition) is 3. The molecule has 0 radical (unpaired) electrons. The van der Waals surface area contributed by atoms with Gasteiger partial charge in [0.15, 0.2) is 0 Å². The number of alkyl halides is 3. The summed E-state index contributed by atoms with van der Waals surface area (Å²) in [7, 11) is 1.65. The first-order chi connectivity index (χ1) is 9.40. The summed E-state index contributed by atoms with van der Waals surface area (Å²) in [5.74, 6) is 0.718. The molecule has 0 atom stereocenters. The highest BCUT2D eigenvalue weighted by Crippen LogP contribution is 2.19. The second kappa shape index (κ2) is 8.11. The SMILES string of the molecule is CN(CCOc1ccc(CCN)cc1)CCC(F)(F)F. The Hall–Kier alpha value is -1.27. The number of rotatable bonds is 8. The molecule has 0 aliphatic carbocycles. The zero-order valence-electron chi connectivity index (χ0n) is 11.6. The van der Waals surface area contributed by atoms with E-state index >= 15 is 0 Å². The summed E-state index contributed by atoms with van der Waals surface area (Å²) in [6.45, 7) is 1.41. The number of likely N-dealkylation sites (N-methyl/N-ethyl adjacent to an activating group) is 1. The average Bonchev–Trinajstić information content (AvgIpc) is 2.38. The third kappa shape index (κ3) is 7.35. The minimum atomic E-state index is -4.10. The van der Waals surface area contributed by atoms with Crippen LogP contribution in [0.3, 0.4) is 0 Å². The monoisotopic (exact) mass is 290 g/mol. The molecule has 0 fully saturated rings. The Morgan fingerprint density at radius 2 is 1.80 bits per heavy atom. The zero-order chi connectivity index (χ0) is 15.0. The fourth-order valence-corrected chi connectivity index (χ4v) is 1.67. The summed E-state index contributed by atoms with van der Waals surface area (Å²) in [5, 5.41) is 0. The maximum atomic E-state index is 12.0. The van der Waals surface area contributed by atoms with Crippen LogP contribution in [-0.4, -0.2) is 44.4 Å². The van der Waals surface area contributed by atoms with E-state index in [0.717, 1.165) is 17.7 Å². The van der Waals surface area contributed by atoms with Crippen LogP contribution >= 0.6 is 0 Å². The second-order valence-corrected chi connectivity index (χ2v) is 4.70. The fraction of sp³-hybridized carbons (Fsp3) is 0.571. The first kappa shape index (κ1) is 16.8. The Balaban J connectivity index is 2.23. The third-order valence-corrected chi connectivity index (χ3v) is 2.88. The quantitative estimate of drug-likeness (QED) is 0.799. The molecule has 1 aromatic rings. The van der Waals surface area contributed by atoms with Crippen LogP contribution in [0.25, 0.3) is 0 Å². The van der Waals surface area contributed by atoms with Crippen LogP contribution in [0, 0.1) is 0 Å². The van der Waals surface area contributed by atoms with Crippen LogP contribution in [0.4, 0.5) is 13.2 Å². The zero-order valence-corrected chi connectivity index (χ0v) is 11.6. The van der Waals surface area contributed by atoms with Gasteiger partial charge in [-0.15, -0.1) is 0 Å². The maximum Gasteiger partial charge on any atom is 0.390 e. The number of halogens is 3. The summed E-state index contributed by atoms with van der Waals surface area (Å²) < 4.78 is 41.6. The molecule has 0 aliphatic rings. The molecule has 0 spiro atoms. The molecule has 6 heteroatoms. The van der Waals surface area contributed by atoms with Gasteiger partial charge in [0.25, 0.3) is 0 Å². The van der Waals surface area contributed by atoms with Crippen molar-refractivity contribution < 1.29 is 17.9 Å². The van der Waals surface area contributed by atoms with E-state index in [-0.39, 0.29) is 6.54 Å². The first-order valence-electron chi connectivity index (χ1n) is 6.58. The van der Waals surface area contributed by atoms with Crippen molar-refractivity contribution in [2.24, 2.45) is 5.73 Å². The van der Waals surface area contributed by atoms with Crippen LogP contribution in [0.1, 0.15) is 12.0 Å². The average molecular weight is 290 g/mol. The summed E-state index contributed by atoms with van der Waals surface area (Å²) >= 11 is 0. The van der Waals surface area contributed by atoms with Gasteiger partial charge in [-0.1, -0.05) is 12.1 Å². The number of ether oxygens (including phenoxy) is 1. The van der Waals surface area contributed by atoms with Gasteiger partial charge in [0.2, 0.25) is 0 Å². The van der Waals surface area contributed by atoms with Gasteiger partial charge in [-0.05, 0) is 37.7 Å². The van der Waals surface area contributed by atoms with Gasteiger partial charge in [0.1, 0.15) is 12.4 Å². The summed E-state index contributed by atoms with van der Waals surface area (Å²) in [6.07, 6.45) is -4.08. The molecule has 0 bridgehead atoms. The van der Waals surface area contributed by atoms with Crippen molar-refractivity contribution in [2.45, 2.75) is 19.0 Å². The van der Waals surface area contributed by atoms with Gasteiger partial charge >= 0.3 is 6.18 Å². The van der Waals surface area contributed by atoms with E-state index in [0.29, 0.717) is 19.7 Å². The van der Waals surface area contributed by atoms with Crippen LogP contribution < -0.4 is 10.5 Å².